The molecule has 1 aromatic rings. The molecule has 2 heterocycles. The predicted molar refractivity (Wildman–Crippen MR) is 115 cm³/mol. The zero-order valence-corrected chi connectivity index (χ0v) is 18.1. The Morgan fingerprint density at radius 3 is 2.85 bits per heavy atom. The van der Waals surface area contributed by atoms with E-state index in [-0.39, 0.29) is 30.1 Å². The van der Waals surface area contributed by atoms with Crippen LogP contribution in [0, 0.1) is 0 Å². The molecule has 1 fully saturated rings. The molecule has 0 bridgehead atoms. The van der Waals surface area contributed by atoms with Crippen molar-refractivity contribution in [3.05, 3.63) is 22.7 Å². The third-order valence-electron chi connectivity index (χ3n) is 4.18. The molecule has 146 valence electrons. The lowest BCUT2D eigenvalue weighted by atomic mass is 10.1. The van der Waals surface area contributed by atoms with Crippen molar-refractivity contribution in [2.24, 2.45) is 4.99 Å². The third kappa shape index (κ3) is 6.06. The number of hydrogen-bond donors (Lipinski definition) is 2. The highest BCUT2D eigenvalue weighted by Gasteiger charge is 2.17. The number of nitrogens with zero attached hydrogens (tertiary/aromatic N) is 1. The monoisotopic (exact) mass is 495 g/mol. The van der Waals surface area contributed by atoms with E-state index in [0.717, 1.165) is 56.2 Å². The maximum Gasteiger partial charge on any atom is 0.191 e. The van der Waals surface area contributed by atoms with E-state index in [1.165, 1.54) is 0 Å². The first kappa shape index (κ1) is 21.4. The van der Waals surface area contributed by atoms with Crippen LogP contribution in [0.15, 0.2) is 17.1 Å². The second-order valence-corrected chi connectivity index (χ2v) is 6.54. The number of halogens is 2. The molecule has 0 aromatic heterocycles. The van der Waals surface area contributed by atoms with Crippen molar-refractivity contribution in [2.45, 2.75) is 32.3 Å². The molecule has 2 N–H and O–H groups in total. The lowest BCUT2D eigenvalue weighted by Crippen LogP contribution is -2.39. The molecule has 3 rings (SSSR count). The van der Waals surface area contributed by atoms with Gasteiger partial charge >= 0.3 is 0 Å². The molecule has 2 aliphatic heterocycles. The van der Waals surface area contributed by atoms with E-state index in [1.54, 1.807) is 0 Å². The lowest BCUT2D eigenvalue weighted by molar-refractivity contribution is 0.117. The molecule has 26 heavy (non-hydrogen) atoms. The molecule has 0 spiro atoms. The van der Waals surface area contributed by atoms with Gasteiger partial charge in [0.25, 0.3) is 0 Å². The summed E-state index contributed by atoms with van der Waals surface area (Å²) in [6.45, 7) is 6.30. The van der Waals surface area contributed by atoms with Gasteiger partial charge < -0.3 is 24.8 Å². The van der Waals surface area contributed by atoms with E-state index >= 15 is 0 Å². The normalized spacial score (nSPS) is 19.0. The number of aliphatic imine (C=N–C) groups is 1. The van der Waals surface area contributed by atoms with Gasteiger partial charge in [0, 0.05) is 19.7 Å². The van der Waals surface area contributed by atoms with Crippen LogP contribution in [0.1, 0.15) is 25.3 Å². The second-order valence-electron chi connectivity index (χ2n) is 6.13. The van der Waals surface area contributed by atoms with Crippen LogP contribution in [-0.4, -0.2) is 51.5 Å². The van der Waals surface area contributed by atoms with E-state index in [4.69, 9.17) is 25.8 Å². The molecule has 8 heteroatoms. The van der Waals surface area contributed by atoms with Gasteiger partial charge in [0.15, 0.2) is 17.5 Å². The maximum atomic E-state index is 6.29. The number of ether oxygens (including phenoxy) is 3. The average molecular weight is 496 g/mol. The van der Waals surface area contributed by atoms with Gasteiger partial charge in [0.2, 0.25) is 0 Å². The fourth-order valence-corrected chi connectivity index (χ4v) is 3.24. The quantitative estimate of drug-likeness (QED) is 0.361. The summed E-state index contributed by atoms with van der Waals surface area (Å²) in [5, 5.41) is 7.23. The van der Waals surface area contributed by atoms with Crippen LogP contribution in [0.4, 0.5) is 0 Å². The Balaban J connectivity index is 0.00000243. The van der Waals surface area contributed by atoms with Gasteiger partial charge in [-0.05, 0) is 43.9 Å². The molecule has 0 saturated carbocycles. The van der Waals surface area contributed by atoms with Crippen LogP contribution in [0.25, 0.3) is 0 Å². The Labute approximate surface area is 177 Å². The van der Waals surface area contributed by atoms with Crippen LogP contribution in [-0.2, 0) is 11.2 Å². The SMILES string of the molecule is CCNC(=NCC1CCCO1)NCCc1cc(Cl)c2c(c1)OCCO2.I. The summed E-state index contributed by atoms with van der Waals surface area (Å²) in [5.41, 5.74) is 1.11. The summed E-state index contributed by atoms with van der Waals surface area (Å²) in [5.74, 6) is 2.20. The Hall–Kier alpha value is -0.930. The highest BCUT2D eigenvalue weighted by atomic mass is 127. The number of rotatable bonds is 6. The van der Waals surface area contributed by atoms with Gasteiger partial charge in [-0.15, -0.1) is 24.0 Å². The van der Waals surface area contributed by atoms with Crippen molar-refractivity contribution in [1.82, 2.24) is 10.6 Å². The number of benzene rings is 1. The van der Waals surface area contributed by atoms with E-state index < -0.39 is 0 Å². The summed E-state index contributed by atoms with van der Waals surface area (Å²) in [6, 6.07) is 3.94. The zero-order chi connectivity index (χ0) is 17.5. The van der Waals surface area contributed by atoms with Gasteiger partial charge in [0.05, 0.1) is 17.7 Å². The number of hydrogen-bond acceptors (Lipinski definition) is 4. The Morgan fingerprint density at radius 1 is 1.23 bits per heavy atom. The summed E-state index contributed by atoms with van der Waals surface area (Å²) in [6.07, 6.45) is 3.31. The van der Waals surface area contributed by atoms with Crippen LogP contribution in [0.2, 0.25) is 5.02 Å². The molecule has 0 amide bonds. The Morgan fingerprint density at radius 2 is 2.08 bits per heavy atom. The Kier molecular flexibility index (Phi) is 9.07. The fraction of sp³-hybridized carbons (Fsp3) is 0.611. The van der Waals surface area contributed by atoms with Crippen molar-refractivity contribution < 1.29 is 14.2 Å². The van der Waals surface area contributed by atoms with Crippen LogP contribution < -0.4 is 20.1 Å². The highest BCUT2D eigenvalue weighted by Crippen LogP contribution is 2.38. The third-order valence-corrected chi connectivity index (χ3v) is 4.46. The van der Waals surface area contributed by atoms with E-state index in [9.17, 15) is 0 Å². The fourth-order valence-electron chi connectivity index (χ4n) is 2.96. The van der Waals surface area contributed by atoms with Crippen molar-refractivity contribution in [3.8, 4) is 11.5 Å². The average Bonchev–Trinajstić information content (AvgIpc) is 3.13. The van der Waals surface area contributed by atoms with Gasteiger partial charge in [-0.25, -0.2) is 0 Å². The van der Waals surface area contributed by atoms with Gasteiger partial charge in [-0.3, -0.25) is 4.99 Å². The van der Waals surface area contributed by atoms with E-state index in [2.05, 4.69) is 22.5 Å². The molecule has 0 radical (unpaired) electrons. The highest BCUT2D eigenvalue weighted by molar-refractivity contribution is 14.0. The minimum absolute atomic E-state index is 0. The van der Waals surface area contributed by atoms with Gasteiger partial charge in [0.1, 0.15) is 13.2 Å². The predicted octanol–water partition coefficient (Wildman–Crippen LogP) is 3.01. The maximum absolute atomic E-state index is 6.29. The zero-order valence-electron chi connectivity index (χ0n) is 15.1. The van der Waals surface area contributed by atoms with Crippen molar-refractivity contribution in [3.63, 3.8) is 0 Å². The molecule has 1 aromatic carbocycles. The molecule has 1 atom stereocenters. The standard InChI is InChI=1S/C18H26ClN3O3.HI/c1-2-20-18(22-12-14-4-3-7-23-14)21-6-5-13-10-15(19)17-16(11-13)24-8-9-25-17;/h10-11,14H,2-9,12H2,1H3,(H2,20,21,22);1H. The second kappa shape index (κ2) is 11.0. The van der Waals surface area contributed by atoms with Crippen molar-refractivity contribution in [1.29, 1.82) is 0 Å². The first-order valence-corrected chi connectivity index (χ1v) is 9.36. The van der Waals surface area contributed by atoms with Crippen molar-refractivity contribution >= 4 is 41.5 Å². The molecular weight excluding hydrogens is 469 g/mol. The lowest BCUT2D eigenvalue weighted by Gasteiger charge is -2.20. The van der Waals surface area contributed by atoms with E-state index in [1.807, 2.05) is 12.1 Å². The molecular formula is C18H27ClIN3O3. The molecule has 6 nitrogen and oxygen atoms in total. The first-order chi connectivity index (χ1) is 12.3. The molecule has 1 saturated heterocycles. The summed E-state index contributed by atoms with van der Waals surface area (Å²) < 4.78 is 16.8. The number of guanidine groups is 1. The number of fused-ring (bicyclic) bond motifs is 1. The van der Waals surface area contributed by atoms with Crippen LogP contribution in [0.5, 0.6) is 11.5 Å². The molecule has 0 aliphatic carbocycles. The minimum Gasteiger partial charge on any atom is -0.486 e. The largest absolute Gasteiger partial charge is 0.486 e. The van der Waals surface area contributed by atoms with Crippen LogP contribution in [0.3, 0.4) is 0 Å². The van der Waals surface area contributed by atoms with Gasteiger partial charge in [-0.2, -0.15) is 0 Å². The first-order valence-electron chi connectivity index (χ1n) is 8.98. The minimum atomic E-state index is 0. The van der Waals surface area contributed by atoms with Crippen LogP contribution >= 0.6 is 35.6 Å². The number of nitrogens with one attached hydrogen (secondary N) is 2. The summed E-state index contributed by atoms with van der Waals surface area (Å²) >= 11 is 6.29. The topological polar surface area (TPSA) is 64.1 Å². The Bertz CT molecular complexity index is 610. The summed E-state index contributed by atoms with van der Waals surface area (Å²) in [4.78, 5) is 4.61. The van der Waals surface area contributed by atoms with Crippen molar-refractivity contribution in [2.75, 3.05) is 39.5 Å². The van der Waals surface area contributed by atoms with E-state index in [0.29, 0.717) is 30.5 Å². The van der Waals surface area contributed by atoms with Gasteiger partial charge in [-0.1, -0.05) is 11.6 Å². The summed E-state index contributed by atoms with van der Waals surface area (Å²) in [7, 11) is 0. The molecule has 2 aliphatic rings. The molecule has 1 unspecified atom stereocenters. The smallest absolute Gasteiger partial charge is 0.191 e.